The molecule has 1 amide bonds. The molecule has 1 N–H and O–H groups in total. The number of amides is 1. The summed E-state index contributed by atoms with van der Waals surface area (Å²) in [6.07, 6.45) is 2.56. The number of rotatable bonds is 10. The fraction of sp³-hybridized carbons (Fsp3) is 0.391. The molecular formula is C23H30N2O2. The van der Waals surface area contributed by atoms with Gasteiger partial charge >= 0.3 is 0 Å². The van der Waals surface area contributed by atoms with Gasteiger partial charge in [-0.15, -0.1) is 0 Å². The Morgan fingerprint density at radius 2 is 1.59 bits per heavy atom. The maximum atomic E-state index is 12.3. The molecule has 0 heterocycles. The summed E-state index contributed by atoms with van der Waals surface area (Å²) in [6, 6.07) is 15.8. The summed E-state index contributed by atoms with van der Waals surface area (Å²) in [4.78, 5) is 26.5. The van der Waals surface area contributed by atoms with Crippen LogP contribution in [0.15, 0.2) is 48.5 Å². The van der Waals surface area contributed by atoms with Crippen molar-refractivity contribution in [1.82, 2.24) is 10.2 Å². The number of benzene rings is 2. The lowest BCUT2D eigenvalue weighted by atomic mass is 10.0. The van der Waals surface area contributed by atoms with Crippen LogP contribution < -0.4 is 5.32 Å². The molecule has 2 aromatic carbocycles. The summed E-state index contributed by atoms with van der Waals surface area (Å²) < 4.78 is 0. The van der Waals surface area contributed by atoms with Crippen LogP contribution in [0.3, 0.4) is 0 Å². The summed E-state index contributed by atoms with van der Waals surface area (Å²) in [5.74, 6) is -0.0770. The van der Waals surface area contributed by atoms with Crippen molar-refractivity contribution < 1.29 is 9.59 Å². The molecule has 2 rings (SSSR count). The van der Waals surface area contributed by atoms with E-state index < -0.39 is 0 Å². The minimum Gasteiger partial charge on any atom is -0.352 e. The van der Waals surface area contributed by atoms with E-state index in [-0.39, 0.29) is 24.5 Å². The monoisotopic (exact) mass is 366 g/mol. The molecule has 0 aliphatic heterocycles. The lowest BCUT2D eigenvalue weighted by Gasteiger charge is -2.14. The fourth-order valence-electron chi connectivity index (χ4n) is 3.02. The van der Waals surface area contributed by atoms with Crippen molar-refractivity contribution in [2.24, 2.45) is 0 Å². The zero-order valence-corrected chi connectivity index (χ0v) is 16.6. The Balaban J connectivity index is 1.81. The molecule has 4 heteroatoms. The number of hydrogen-bond acceptors (Lipinski definition) is 3. The first-order valence-electron chi connectivity index (χ1n) is 9.60. The highest BCUT2D eigenvalue weighted by atomic mass is 16.2. The Kier molecular flexibility index (Phi) is 8.21. The predicted molar refractivity (Wildman–Crippen MR) is 110 cm³/mol. The lowest BCUT2D eigenvalue weighted by Crippen LogP contribution is -2.24. The third kappa shape index (κ3) is 6.99. The van der Waals surface area contributed by atoms with Crippen LogP contribution in [0.5, 0.6) is 0 Å². The van der Waals surface area contributed by atoms with Gasteiger partial charge in [0.25, 0.3) is 0 Å². The molecular weight excluding hydrogens is 336 g/mol. The number of Topliss-reactive ketones (excluding diaryl/α,β-unsaturated/α-hetero) is 1. The standard InChI is InChI=1S/C23H30N2O2/c1-4-7-18-10-12-19(13-11-18)22(26)14-15-23(27)24-16-20-8-5-6-9-21(20)17-25(2)3/h5-6,8-13H,4,7,14-17H2,1-3H3,(H,24,27). The highest BCUT2D eigenvalue weighted by Gasteiger charge is 2.10. The van der Waals surface area contributed by atoms with Gasteiger partial charge in [0.15, 0.2) is 5.78 Å². The Labute approximate surface area is 162 Å². The third-order valence-electron chi connectivity index (χ3n) is 4.47. The second-order valence-corrected chi connectivity index (χ2v) is 7.15. The lowest BCUT2D eigenvalue weighted by molar-refractivity contribution is -0.121. The second-order valence-electron chi connectivity index (χ2n) is 7.15. The van der Waals surface area contributed by atoms with E-state index in [1.54, 1.807) is 0 Å². The van der Waals surface area contributed by atoms with Crippen molar-refractivity contribution in [3.05, 3.63) is 70.8 Å². The molecule has 0 unspecified atom stereocenters. The van der Waals surface area contributed by atoms with Crippen LogP contribution in [-0.4, -0.2) is 30.7 Å². The number of nitrogens with zero attached hydrogens (tertiary/aromatic N) is 1. The minimum atomic E-state index is -0.0920. The van der Waals surface area contributed by atoms with Crippen molar-refractivity contribution in [2.75, 3.05) is 14.1 Å². The van der Waals surface area contributed by atoms with E-state index >= 15 is 0 Å². The smallest absolute Gasteiger partial charge is 0.220 e. The molecule has 0 aromatic heterocycles. The topological polar surface area (TPSA) is 49.4 Å². The van der Waals surface area contributed by atoms with Gasteiger partial charge in [-0.1, -0.05) is 61.9 Å². The summed E-state index contributed by atoms with van der Waals surface area (Å²) >= 11 is 0. The van der Waals surface area contributed by atoms with Crippen LogP contribution in [0.25, 0.3) is 0 Å². The Morgan fingerprint density at radius 3 is 2.22 bits per heavy atom. The molecule has 0 atom stereocenters. The van der Waals surface area contributed by atoms with Crippen LogP contribution in [0.1, 0.15) is 53.2 Å². The molecule has 0 saturated carbocycles. The SMILES string of the molecule is CCCc1ccc(C(=O)CCC(=O)NCc2ccccc2CN(C)C)cc1. The predicted octanol–water partition coefficient (Wildman–Crippen LogP) is 3.98. The van der Waals surface area contributed by atoms with E-state index in [0.717, 1.165) is 24.9 Å². The largest absolute Gasteiger partial charge is 0.352 e. The van der Waals surface area contributed by atoms with Gasteiger partial charge in [0, 0.05) is 31.5 Å². The average Bonchev–Trinajstić information content (AvgIpc) is 2.66. The van der Waals surface area contributed by atoms with Crippen molar-refractivity contribution >= 4 is 11.7 Å². The molecule has 0 radical (unpaired) electrons. The molecule has 2 aromatic rings. The van der Waals surface area contributed by atoms with Crippen molar-refractivity contribution in [3.8, 4) is 0 Å². The summed E-state index contributed by atoms with van der Waals surface area (Å²) in [6.45, 7) is 3.46. The number of nitrogens with one attached hydrogen (secondary N) is 1. The fourth-order valence-corrected chi connectivity index (χ4v) is 3.02. The first-order chi connectivity index (χ1) is 13.0. The van der Waals surface area contributed by atoms with Crippen molar-refractivity contribution in [1.29, 1.82) is 0 Å². The molecule has 0 saturated heterocycles. The van der Waals surface area contributed by atoms with Gasteiger partial charge in [-0.05, 0) is 37.2 Å². The Morgan fingerprint density at radius 1 is 0.926 bits per heavy atom. The maximum Gasteiger partial charge on any atom is 0.220 e. The highest BCUT2D eigenvalue weighted by Crippen LogP contribution is 2.12. The zero-order chi connectivity index (χ0) is 19.6. The summed E-state index contributed by atoms with van der Waals surface area (Å²) in [7, 11) is 4.05. The Hall–Kier alpha value is -2.46. The average molecular weight is 367 g/mol. The quantitative estimate of drug-likeness (QED) is 0.647. The van der Waals surface area contributed by atoms with Crippen LogP contribution in [0, 0.1) is 0 Å². The van der Waals surface area contributed by atoms with Gasteiger partial charge < -0.3 is 10.2 Å². The summed E-state index contributed by atoms with van der Waals surface area (Å²) in [5, 5.41) is 2.94. The van der Waals surface area contributed by atoms with Gasteiger partial charge in [-0.3, -0.25) is 9.59 Å². The van der Waals surface area contributed by atoms with E-state index in [1.807, 2.05) is 56.6 Å². The molecule has 27 heavy (non-hydrogen) atoms. The number of hydrogen-bond donors (Lipinski definition) is 1. The van der Waals surface area contributed by atoms with Crippen LogP contribution >= 0.6 is 0 Å². The number of aryl methyl sites for hydroxylation is 1. The van der Waals surface area contributed by atoms with Gasteiger partial charge in [0.05, 0.1) is 0 Å². The van der Waals surface area contributed by atoms with Gasteiger partial charge in [0.2, 0.25) is 5.91 Å². The van der Waals surface area contributed by atoms with Crippen LogP contribution in [-0.2, 0) is 24.3 Å². The van der Waals surface area contributed by atoms with Gasteiger partial charge in [0.1, 0.15) is 0 Å². The van der Waals surface area contributed by atoms with Crippen LogP contribution in [0.2, 0.25) is 0 Å². The van der Waals surface area contributed by atoms with E-state index in [9.17, 15) is 9.59 Å². The van der Waals surface area contributed by atoms with E-state index in [2.05, 4.69) is 23.2 Å². The van der Waals surface area contributed by atoms with E-state index in [0.29, 0.717) is 12.1 Å². The number of ketones is 1. The maximum absolute atomic E-state index is 12.3. The Bertz CT molecular complexity index is 751. The van der Waals surface area contributed by atoms with E-state index in [1.165, 1.54) is 11.1 Å². The molecule has 0 spiro atoms. The molecule has 0 aliphatic carbocycles. The van der Waals surface area contributed by atoms with Crippen molar-refractivity contribution in [3.63, 3.8) is 0 Å². The van der Waals surface area contributed by atoms with Gasteiger partial charge in [-0.25, -0.2) is 0 Å². The molecule has 0 aliphatic rings. The van der Waals surface area contributed by atoms with Gasteiger partial charge in [-0.2, -0.15) is 0 Å². The minimum absolute atomic E-state index is 0.0150. The zero-order valence-electron chi connectivity index (χ0n) is 16.6. The van der Waals surface area contributed by atoms with Crippen LogP contribution in [0.4, 0.5) is 0 Å². The first kappa shape index (κ1) is 20.8. The number of carbonyl (C=O) groups is 2. The highest BCUT2D eigenvalue weighted by molar-refractivity contribution is 5.97. The first-order valence-corrected chi connectivity index (χ1v) is 9.60. The molecule has 0 bridgehead atoms. The normalized spacial score (nSPS) is 10.8. The number of carbonyl (C=O) groups excluding carboxylic acids is 2. The third-order valence-corrected chi connectivity index (χ3v) is 4.47. The summed E-state index contributed by atoms with van der Waals surface area (Å²) in [5.41, 5.74) is 4.23. The molecule has 0 fully saturated rings. The second kappa shape index (κ2) is 10.6. The molecule has 144 valence electrons. The van der Waals surface area contributed by atoms with Crippen molar-refractivity contribution in [2.45, 2.75) is 45.7 Å². The molecule has 4 nitrogen and oxygen atoms in total. The van der Waals surface area contributed by atoms with E-state index in [4.69, 9.17) is 0 Å².